The predicted molar refractivity (Wildman–Crippen MR) is 89.3 cm³/mol. The smallest absolute Gasteiger partial charge is 0.415 e. The van der Waals surface area contributed by atoms with Crippen molar-refractivity contribution in [1.82, 2.24) is 0 Å². The van der Waals surface area contributed by atoms with Crippen molar-refractivity contribution in [2.75, 3.05) is 7.11 Å². The standard InChI is InChI=1S/C17H28F2O5S/c1-12-8-10-14(11-9-12)15(13-6-4-3-5-7-13)22-16(20)17(18,19)25-24-23-21-2/h12-15H,3-11H2,1-2H3. The van der Waals surface area contributed by atoms with Crippen molar-refractivity contribution in [3.8, 4) is 0 Å². The van der Waals surface area contributed by atoms with Crippen LogP contribution in [-0.4, -0.2) is 24.4 Å². The molecule has 2 aliphatic rings. The van der Waals surface area contributed by atoms with Gasteiger partial charge in [-0.15, -0.1) is 4.33 Å². The van der Waals surface area contributed by atoms with Crippen LogP contribution in [0.3, 0.4) is 0 Å². The van der Waals surface area contributed by atoms with Gasteiger partial charge in [0, 0.05) is 0 Å². The van der Waals surface area contributed by atoms with E-state index in [0.717, 1.165) is 64.9 Å². The highest BCUT2D eigenvalue weighted by atomic mass is 32.2. The first-order valence-electron chi connectivity index (χ1n) is 9.08. The first kappa shape index (κ1) is 20.9. The molecule has 146 valence electrons. The molecule has 0 aromatic heterocycles. The number of carbonyl (C=O) groups excluding carboxylic acids is 1. The average Bonchev–Trinajstić information content (AvgIpc) is 2.61. The minimum atomic E-state index is -3.84. The van der Waals surface area contributed by atoms with Crippen LogP contribution in [0.4, 0.5) is 8.78 Å². The van der Waals surface area contributed by atoms with E-state index >= 15 is 0 Å². The summed E-state index contributed by atoms with van der Waals surface area (Å²) in [4.78, 5) is 16.1. The molecule has 25 heavy (non-hydrogen) atoms. The van der Waals surface area contributed by atoms with Crippen LogP contribution in [0.5, 0.6) is 0 Å². The molecule has 0 radical (unpaired) electrons. The van der Waals surface area contributed by atoms with Gasteiger partial charge in [-0.2, -0.15) is 8.78 Å². The van der Waals surface area contributed by atoms with Gasteiger partial charge in [0.25, 0.3) is 0 Å². The molecule has 1 atom stereocenters. The predicted octanol–water partition coefficient (Wildman–Crippen LogP) is 5.06. The molecule has 0 heterocycles. The van der Waals surface area contributed by atoms with E-state index in [1.54, 1.807) is 0 Å². The summed E-state index contributed by atoms with van der Waals surface area (Å²) in [5.41, 5.74) is 0. The van der Waals surface area contributed by atoms with Crippen LogP contribution in [0, 0.1) is 17.8 Å². The Bertz CT molecular complexity index is 410. The quantitative estimate of drug-likeness (QED) is 0.192. The summed E-state index contributed by atoms with van der Waals surface area (Å²) in [7, 11) is 1.11. The molecule has 0 spiro atoms. The van der Waals surface area contributed by atoms with E-state index < -0.39 is 29.4 Å². The fourth-order valence-corrected chi connectivity index (χ4v) is 4.25. The third kappa shape index (κ3) is 6.34. The Morgan fingerprint density at radius 2 is 1.64 bits per heavy atom. The van der Waals surface area contributed by atoms with Gasteiger partial charge in [0.15, 0.2) is 0 Å². The van der Waals surface area contributed by atoms with E-state index in [-0.39, 0.29) is 11.8 Å². The summed E-state index contributed by atoms with van der Waals surface area (Å²) in [6, 6.07) is 0. The molecule has 8 heteroatoms. The monoisotopic (exact) mass is 382 g/mol. The SMILES string of the molecule is COOOSC(F)(F)C(=O)OC(C1CCCCC1)C1CCC(C)CC1. The van der Waals surface area contributed by atoms with Crippen LogP contribution in [0.25, 0.3) is 0 Å². The summed E-state index contributed by atoms with van der Waals surface area (Å²) in [5.74, 6) is -0.574. The second-order valence-electron chi connectivity index (χ2n) is 7.19. The van der Waals surface area contributed by atoms with Crippen molar-refractivity contribution in [2.45, 2.75) is 76.1 Å². The Kier molecular flexibility index (Phi) is 8.38. The lowest BCUT2D eigenvalue weighted by Crippen LogP contribution is -2.41. The van der Waals surface area contributed by atoms with Gasteiger partial charge in [-0.3, -0.25) is 0 Å². The van der Waals surface area contributed by atoms with E-state index in [1.165, 1.54) is 0 Å². The summed E-state index contributed by atoms with van der Waals surface area (Å²) < 4.78 is 37.3. The highest BCUT2D eigenvalue weighted by molar-refractivity contribution is 7.96. The third-order valence-corrected chi connectivity index (χ3v) is 5.85. The maximum Gasteiger partial charge on any atom is 0.415 e. The van der Waals surface area contributed by atoms with Gasteiger partial charge in [0.2, 0.25) is 0 Å². The second-order valence-corrected chi connectivity index (χ2v) is 8.01. The maximum atomic E-state index is 13.9. The van der Waals surface area contributed by atoms with Crippen molar-refractivity contribution in [3.63, 3.8) is 0 Å². The Balaban J connectivity index is 2.00. The molecule has 0 aliphatic heterocycles. The number of esters is 1. The van der Waals surface area contributed by atoms with Gasteiger partial charge in [-0.25, -0.2) is 9.68 Å². The fourth-order valence-electron chi connectivity index (χ4n) is 3.97. The molecule has 2 saturated carbocycles. The molecule has 0 aromatic rings. The third-order valence-electron chi connectivity index (χ3n) is 5.35. The Labute approximate surface area is 152 Å². The molecule has 0 N–H and O–H groups in total. The van der Waals surface area contributed by atoms with Gasteiger partial charge in [-0.05, 0) is 43.4 Å². The highest BCUT2D eigenvalue weighted by Crippen LogP contribution is 2.40. The lowest BCUT2D eigenvalue weighted by atomic mass is 9.73. The molecule has 2 fully saturated rings. The number of carbonyl (C=O) groups is 1. The van der Waals surface area contributed by atoms with E-state index in [9.17, 15) is 13.6 Å². The van der Waals surface area contributed by atoms with Crippen LogP contribution in [0.15, 0.2) is 0 Å². The zero-order valence-corrected chi connectivity index (χ0v) is 15.7. The molecule has 1 unspecified atom stereocenters. The molecule has 2 rings (SSSR count). The van der Waals surface area contributed by atoms with Crippen LogP contribution < -0.4 is 0 Å². The van der Waals surface area contributed by atoms with Crippen LogP contribution in [-0.2, 0) is 23.8 Å². The minimum absolute atomic E-state index is 0.167. The summed E-state index contributed by atoms with van der Waals surface area (Å²) in [6.07, 6.45) is 8.70. The van der Waals surface area contributed by atoms with E-state index in [2.05, 4.69) is 21.2 Å². The van der Waals surface area contributed by atoms with Gasteiger partial charge in [0.05, 0.1) is 7.11 Å². The Morgan fingerprint density at radius 1 is 1.04 bits per heavy atom. The molecule has 0 amide bonds. The first-order chi connectivity index (χ1) is 11.9. The van der Waals surface area contributed by atoms with Crippen molar-refractivity contribution >= 4 is 18.0 Å². The highest BCUT2D eigenvalue weighted by Gasteiger charge is 2.47. The number of ether oxygens (including phenoxy) is 1. The average molecular weight is 382 g/mol. The topological polar surface area (TPSA) is 54.0 Å². The maximum absolute atomic E-state index is 13.9. The molecule has 2 aliphatic carbocycles. The zero-order valence-electron chi connectivity index (χ0n) is 14.9. The minimum Gasteiger partial charge on any atom is -0.457 e. The van der Waals surface area contributed by atoms with Crippen molar-refractivity contribution in [1.29, 1.82) is 0 Å². The largest absolute Gasteiger partial charge is 0.457 e. The van der Waals surface area contributed by atoms with Gasteiger partial charge >= 0.3 is 11.2 Å². The van der Waals surface area contributed by atoms with Crippen molar-refractivity contribution in [2.24, 2.45) is 17.8 Å². The molecule has 0 bridgehead atoms. The van der Waals surface area contributed by atoms with Gasteiger partial charge < -0.3 is 4.74 Å². The molecule has 0 saturated heterocycles. The lowest BCUT2D eigenvalue weighted by Gasteiger charge is -2.38. The van der Waals surface area contributed by atoms with E-state index in [4.69, 9.17) is 4.74 Å². The summed E-state index contributed by atoms with van der Waals surface area (Å²) in [6.45, 7) is 2.20. The molecule has 5 nitrogen and oxygen atoms in total. The Morgan fingerprint density at radius 3 is 2.24 bits per heavy atom. The van der Waals surface area contributed by atoms with Crippen LogP contribution >= 0.6 is 12.0 Å². The Hall–Kier alpha value is -0.440. The number of alkyl halides is 2. The number of hydrogen-bond donors (Lipinski definition) is 0. The van der Waals surface area contributed by atoms with Gasteiger partial charge in [0.1, 0.15) is 18.1 Å². The first-order valence-corrected chi connectivity index (χ1v) is 9.82. The zero-order chi connectivity index (χ0) is 18.3. The summed E-state index contributed by atoms with van der Waals surface area (Å²) >= 11 is -0.408. The molecule has 0 aromatic carbocycles. The number of rotatable bonds is 8. The number of halogens is 2. The lowest BCUT2D eigenvalue weighted by molar-refractivity contribution is -0.448. The van der Waals surface area contributed by atoms with Crippen molar-refractivity contribution < 1.29 is 32.6 Å². The van der Waals surface area contributed by atoms with Crippen LogP contribution in [0.2, 0.25) is 0 Å². The van der Waals surface area contributed by atoms with Crippen LogP contribution in [0.1, 0.15) is 64.7 Å². The second kappa shape index (κ2) is 10.0. The van der Waals surface area contributed by atoms with Gasteiger partial charge in [-0.1, -0.05) is 44.1 Å². The molecular weight excluding hydrogens is 354 g/mol. The van der Waals surface area contributed by atoms with E-state index in [1.807, 2.05) is 0 Å². The fraction of sp³-hybridized carbons (Fsp3) is 0.941. The van der Waals surface area contributed by atoms with Crippen molar-refractivity contribution in [3.05, 3.63) is 0 Å². The normalized spacial score (nSPS) is 27.0. The van der Waals surface area contributed by atoms with E-state index in [0.29, 0.717) is 5.92 Å². The molecular formula is C17H28F2O5S. The number of hydrogen-bond acceptors (Lipinski definition) is 6. The summed E-state index contributed by atoms with van der Waals surface area (Å²) in [5, 5.41) is 0.104.